The maximum atomic E-state index is 12.4. The lowest BCUT2D eigenvalue weighted by molar-refractivity contribution is -0.133. The van der Waals surface area contributed by atoms with Crippen LogP contribution in [0.2, 0.25) is 0 Å². The number of ether oxygens (including phenoxy) is 1. The minimum Gasteiger partial charge on any atom is -0.496 e. The van der Waals surface area contributed by atoms with E-state index >= 15 is 0 Å². The van der Waals surface area contributed by atoms with E-state index in [1.807, 2.05) is 12.3 Å². The number of nitrogens with zero attached hydrogens (tertiary/aromatic N) is 2. The van der Waals surface area contributed by atoms with E-state index in [1.54, 1.807) is 7.11 Å². The molecule has 1 saturated carbocycles. The van der Waals surface area contributed by atoms with Crippen molar-refractivity contribution in [2.24, 2.45) is 5.92 Å². The molecule has 24 heavy (non-hydrogen) atoms. The number of amides is 1. The van der Waals surface area contributed by atoms with Crippen LogP contribution in [-0.2, 0) is 4.79 Å². The second kappa shape index (κ2) is 6.08. The number of rotatable bonds is 3. The highest BCUT2D eigenvalue weighted by Crippen LogP contribution is 2.35. The van der Waals surface area contributed by atoms with Crippen molar-refractivity contribution in [3.8, 4) is 5.75 Å². The molecule has 2 heterocycles. The summed E-state index contributed by atoms with van der Waals surface area (Å²) < 4.78 is 5.45. The first-order valence-electron chi connectivity index (χ1n) is 8.89. The zero-order valence-corrected chi connectivity index (χ0v) is 14.4. The van der Waals surface area contributed by atoms with E-state index in [0.29, 0.717) is 17.7 Å². The van der Waals surface area contributed by atoms with Crippen LogP contribution in [-0.4, -0.2) is 36.0 Å². The molecule has 2 aromatic rings. The highest BCUT2D eigenvalue weighted by atomic mass is 16.5. The van der Waals surface area contributed by atoms with Crippen molar-refractivity contribution in [2.45, 2.75) is 38.5 Å². The van der Waals surface area contributed by atoms with E-state index < -0.39 is 0 Å². The lowest BCUT2D eigenvalue weighted by Gasteiger charge is -2.32. The van der Waals surface area contributed by atoms with Crippen LogP contribution in [0.4, 0.5) is 0 Å². The molecular weight excluding hydrogens is 300 g/mol. The van der Waals surface area contributed by atoms with E-state index in [4.69, 9.17) is 9.72 Å². The number of carbonyl (C=O) groups excluding carboxylic acids is 1. The SMILES string of the molecule is COc1ccc2cnc([C@H]3CCCN(C(=O)C4CC4)C3)cc2c1C. The van der Waals surface area contributed by atoms with Crippen LogP contribution in [0.25, 0.3) is 10.8 Å². The fourth-order valence-electron chi connectivity index (χ4n) is 3.81. The molecule has 1 saturated heterocycles. The predicted molar refractivity (Wildman–Crippen MR) is 94.3 cm³/mol. The van der Waals surface area contributed by atoms with Gasteiger partial charge in [0.2, 0.25) is 5.91 Å². The average Bonchev–Trinajstić information content (AvgIpc) is 3.46. The molecule has 2 aliphatic rings. The van der Waals surface area contributed by atoms with Crippen molar-refractivity contribution in [1.29, 1.82) is 0 Å². The van der Waals surface area contributed by atoms with Gasteiger partial charge >= 0.3 is 0 Å². The van der Waals surface area contributed by atoms with Gasteiger partial charge in [0.25, 0.3) is 0 Å². The number of methoxy groups -OCH3 is 1. The van der Waals surface area contributed by atoms with Gasteiger partial charge in [0, 0.05) is 42.2 Å². The van der Waals surface area contributed by atoms with Crippen molar-refractivity contribution < 1.29 is 9.53 Å². The highest BCUT2D eigenvalue weighted by molar-refractivity contribution is 5.87. The molecule has 4 rings (SSSR count). The molecule has 1 amide bonds. The van der Waals surface area contributed by atoms with Crippen LogP contribution >= 0.6 is 0 Å². The summed E-state index contributed by atoms with van der Waals surface area (Å²) in [6.07, 6.45) is 6.29. The number of carbonyl (C=O) groups is 1. The first kappa shape index (κ1) is 15.4. The third kappa shape index (κ3) is 2.74. The Morgan fingerprint density at radius 3 is 2.88 bits per heavy atom. The normalized spacial score (nSPS) is 21.1. The van der Waals surface area contributed by atoms with Crippen molar-refractivity contribution in [3.63, 3.8) is 0 Å². The summed E-state index contributed by atoms with van der Waals surface area (Å²) in [5.74, 6) is 1.92. The number of aryl methyl sites for hydroxylation is 1. The van der Waals surface area contributed by atoms with Crippen LogP contribution in [0, 0.1) is 12.8 Å². The molecule has 2 fully saturated rings. The quantitative estimate of drug-likeness (QED) is 0.865. The summed E-state index contributed by atoms with van der Waals surface area (Å²) in [7, 11) is 1.71. The third-order valence-electron chi connectivity index (χ3n) is 5.44. The summed E-state index contributed by atoms with van der Waals surface area (Å²) in [4.78, 5) is 19.1. The number of benzene rings is 1. The number of piperidine rings is 1. The van der Waals surface area contributed by atoms with E-state index in [0.717, 1.165) is 61.2 Å². The highest BCUT2D eigenvalue weighted by Gasteiger charge is 2.35. The van der Waals surface area contributed by atoms with Gasteiger partial charge in [-0.2, -0.15) is 0 Å². The van der Waals surface area contributed by atoms with E-state index in [9.17, 15) is 4.79 Å². The zero-order chi connectivity index (χ0) is 16.7. The summed E-state index contributed by atoms with van der Waals surface area (Å²) >= 11 is 0. The molecule has 1 aliphatic carbocycles. The Kier molecular flexibility index (Phi) is 3.91. The van der Waals surface area contributed by atoms with Crippen LogP contribution < -0.4 is 4.74 Å². The lowest BCUT2D eigenvalue weighted by atomic mass is 9.92. The molecule has 0 N–H and O–H groups in total. The van der Waals surface area contributed by atoms with Gasteiger partial charge in [0.05, 0.1) is 7.11 Å². The molecule has 1 aliphatic heterocycles. The van der Waals surface area contributed by atoms with Gasteiger partial charge in [-0.25, -0.2) is 0 Å². The third-order valence-corrected chi connectivity index (χ3v) is 5.44. The number of hydrogen-bond acceptors (Lipinski definition) is 3. The number of hydrogen-bond donors (Lipinski definition) is 0. The number of aromatic nitrogens is 1. The number of likely N-dealkylation sites (tertiary alicyclic amines) is 1. The molecular formula is C20H24N2O2. The van der Waals surface area contributed by atoms with E-state index in [1.165, 1.54) is 5.39 Å². The van der Waals surface area contributed by atoms with Gasteiger partial charge in [0.15, 0.2) is 0 Å². The molecule has 1 aromatic carbocycles. The summed E-state index contributed by atoms with van der Waals surface area (Å²) in [6, 6.07) is 6.25. The van der Waals surface area contributed by atoms with E-state index in [2.05, 4.69) is 24.0 Å². The molecule has 0 bridgehead atoms. The Morgan fingerprint density at radius 2 is 2.12 bits per heavy atom. The van der Waals surface area contributed by atoms with Crippen molar-refractivity contribution in [3.05, 3.63) is 35.7 Å². The predicted octanol–water partition coefficient (Wildman–Crippen LogP) is 3.67. The van der Waals surface area contributed by atoms with Crippen LogP contribution in [0.3, 0.4) is 0 Å². The Labute approximate surface area is 142 Å². The molecule has 1 aromatic heterocycles. The fourth-order valence-corrected chi connectivity index (χ4v) is 3.81. The summed E-state index contributed by atoms with van der Waals surface area (Å²) in [5.41, 5.74) is 2.26. The van der Waals surface area contributed by atoms with Gasteiger partial charge in [-0.05, 0) is 61.8 Å². The van der Waals surface area contributed by atoms with Crippen LogP contribution in [0.15, 0.2) is 24.4 Å². The van der Waals surface area contributed by atoms with Gasteiger partial charge < -0.3 is 9.64 Å². The number of fused-ring (bicyclic) bond motifs is 1. The Bertz CT molecular complexity index is 783. The molecule has 4 nitrogen and oxygen atoms in total. The van der Waals surface area contributed by atoms with Crippen molar-refractivity contribution >= 4 is 16.7 Å². The van der Waals surface area contributed by atoms with Gasteiger partial charge in [-0.1, -0.05) is 0 Å². The van der Waals surface area contributed by atoms with Crippen molar-refractivity contribution in [2.75, 3.05) is 20.2 Å². The molecule has 0 spiro atoms. The Balaban J connectivity index is 1.63. The molecule has 126 valence electrons. The maximum Gasteiger partial charge on any atom is 0.225 e. The second-order valence-corrected chi connectivity index (χ2v) is 7.12. The van der Waals surface area contributed by atoms with Crippen molar-refractivity contribution in [1.82, 2.24) is 9.88 Å². The first-order valence-corrected chi connectivity index (χ1v) is 8.89. The first-order chi connectivity index (χ1) is 11.7. The monoisotopic (exact) mass is 324 g/mol. The smallest absolute Gasteiger partial charge is 0.225 e. The molecule has 4 heteroatoms. The van der Waals surface area contributed by atoms with E-state index in [-0.39, 0.29) is 0 Å². The Morgan fingerprint density at radius 1 is 1.29 bits per heavy atom. The van der Waals surface area contributed by atoms with Gasteiger partial charge in [-0.3, -0.25) is 9.78 Å². The van der Waals surface area contributed by atoms with Gasteiger partial charge in [0.1, 0.15) is 5.75 Å². The molecule has 0 radical (unpaired) electrons. The summed E-state index contributed by atoms with van der Waals surface area (Å²) in [5, 5.41) is 2.34. The second-order valence-electron chi connectivity index (χ2n) is 7.12. The molecule has 0 unspecified atom stereocenters. The lowest BCUT2D eigenvalue weighted by Crippen LogP contribution is -2.40. The topological polar surface area (TPSA) is 42.4 Å². The summed E-state index contributed by atoms with van der Waals surface area (Å²) in [6.45, 7) is 3.82. The average molecular weight is 324 g/mol. The number of pyridine rings is 1. The van der Waals surface area contributed by atoms with Crippen LogP contribution in [0.5, 0.6) is 5.75 Å². The standard InChI is InChI=1S/C20H24N2O2/c1-13-17-10-18(21-11-15(17)7-8-19(13)24-2)16-4-3-9-22(12-16)20(23)14-5-6-14/h7-8,10-11,14,16H,3-6,9,12H2,1-2H3/t16-/m0/s1. The maximum absolute atomic E-state index is 12.4. The van der Waals surface area contributed by atoms with Crippen LogP contribution in [0.1, 0.15) is 42.9 Å². The minimum absolute atomic E-state index is 0.305. The fraction of sp³-hybridized carbons (Fsp3) is 0.500. The van der Waals surface area contributed by atoms with Gasteiger partial charge in [-0.15, -0.1) is 0 Å². The molecule has 1 atom stereocenters. The zero-order valence-electron chi connectivity index (χ0n) is 14.4. The minimum atomic E-state index is 0.305. The Hall–Kier alpha value is -2.10. The largest absolute Gasteiger partial charge is 0.496 e.